The molecule has 110 valence electrons. The molecule has 1 aromatic heterocycles. The van der Waals surface area contributed by atoms with Crippen LogP contribution >= 0.6 is 0 Å². The molecule has 5 nitrogen and oxygen atoms in total. The standard InChI is InChI=1S/C15H21NO4/c1-9(2)12-6-7-13(14(17)16-12)20-11-5-3-4-10(8-11)15(18)19/h6-7,9-11H,3-5,8H2,1-2H3,(H,16,17)(H,18,19)/t10-,11-/m0/s1. The normalized spacial score (nSPS) is 22.8. The average molecular weight is 279 g/mol. The Morgan fingerprint density at radius 1 is 1.40 bits per heavy atom. The molecule has 5 heteroatoms. The van der Waals surface area contributed by atoms with Crippen LogP contribution in [0.5, 0.6) is 11.6 Å². The van der Waals surface area contributed by atoms with Gasteiger partial charge in [-0.05, 0) is 43.7 Å². The Bertz CT molecular complexity index is 487. The fraction of sp³-hybridized carbons (Fsp3) is 0.600. The zero-order chi connectivity index (χ0) is 14.7. The smallest absolute Gasteiger partial charge is 0.306 e. The van der Waals surface area contributed by atoms with Crippen LogP contribution in [0.3, 0.4) is 0 Å². The molecule has 0 aliphatic heterocycles. The molecule has 1 aliphatic carbocycles. The lowest BCUT2D eigenvalue weighted by atomic mass is 9.87. The molecule has 0 unspecified atom stereocenters. The maximum atomic E-state index is 11.0. The summed E-state index contributed by atoms with van der Waals surface area (Å²) in [5.41, 5.74) is 0.807. The van der Waals surface area contributed by atoms with Gasteiger partial charge in [0.05, 0.1) is 12.0 Å². The lowest BCUT2D eigenvalue weighted by Gasteiger charge is -2.27. The molecule has 2 N–H and O–H groups in total. The molecule has 1 aliphatic rings. The quantitative estimate of drug-likeness (QED) is 0.885. The van der Waals surface area contributed by atoms with Crippen molar-refractivity contribution in [3.63, 3.8) is 0 Å². The van der Waals surface area contributed by atoms with Gasteiger partial charge < -0.3 is 14.9 Å². The van der Waals surface area contributed by atoms with E-state index in [-0.39, 0.29) is 23.8 Å². The minimum Gasteiger partial charge on any atom is -0.491 e. The van der Waals surface area contributed by atoms with Gasteiger partial charge in [-0.25, -0.2) is 4.98 Å². The van der Waals surface area contributed by atoms with Crippen LogP contribution in [0.1, 0.15) is 51.1 Å². The van der Waals surface area contributed by atoms with Gasteiger partial charge in [-0.15, -0.1) is 0 Å². The molecule has 0 amide bonds. The molecular weight excluding hydrogens is 258 g/mol. The van der Waals surface area contributed by atoms with E-state index in [9.17, 15) is 9.90 Å². The third-order valence-corrected chi connectivity index (χ3v) is 3.72. The van der Waals surface area contributed by atoms with Crippen molar-refractivity contribution in [3.05, 3.63) is 17.8 Å². The van der Waals surface area contributed by atoms with E-state index in [4.69, 9.17) is 9.84 Å². The highest BCUT2D eigenvalue weighted by Gasteiger charge is 2.28. The van der Waals surface area contributed by atoms with Crippen molar-refractivity contribution in [2.24, 2.45) is 5.92 Å². The number of aromatic hydroxyl groups is 1. The molecule has 0 saturated heterocycles. The van der Waals surface area contributed by atoms with Gasteiger partial charge in [0, 0.05) is 5.69 Å². The number of aromatic nitrogens is 1. The summed E-state index contributed by atoms with van der Waals surface area (Å²) in [6, 6.07) is 3.54. The van der Waals surface area contributed by atoms with Crippen LogP contribution in [-0.4, -0.2) is 27.3 Å². The second-order valence-electron chi connectivity index (χ2n) is 5.65. The molecule has 2 atom stereocenters. The first-order valence-electron chi connectivity index (χ1n) is 7.06. The predicted octanol–water partition coefficient (Wildman–Crippen LogP) is 2.93. The Morgan fingerprint density at radius 2 is 2.15 bits per heavy atom. The minimum atomic E-state index is -0.768. The Balaban J connectivity index is 2.04. The number of carbonyl (C=O) groups is 1. The highest BCUT2D eigenvalue weighted by atomic mass is 16.5. The molecular formula is C15H21NO4. The molecule has 0 radical (unpaired) electrons. The van der Waals surface area contributed by atoms with Gasteiger partial charge in [-0.3, -0.25) is 4.79 Å². The van der Waals surface area contributed by atoms with E-state index < -0.39 is 5.97 Å². The van der Waals surface area contributed by atoms with Crippen LogP contribution in [0.4, 0.5) is 0 Å². The van der Waals surface area contributed by atoms with Gasteiger partial charge >= 0.3 is 5.97 Å². The predicted molar refractivity (Wildman–Crippen MR) is 74.0 cm³/mol. The van der Waals surface area contributed by atoms with Crippen molar-refractivity contribution in [3.8, 4) is 11.6 Å². The van der Waals surface area contributed by atoms with E-state index in [2.05, 4.69) is 4.98 Å². The number of aliphatic carboxylic acids is 1. The van der Waals surface area contributed by atoms with Gasteiger partial charge in [-0.1, -0.05) is 13.8 Å². The van der Waals surface area contributed by atoms with Gasteiger partial charge in [0.1, 0.15) is 0 Å². The number of carboxylic acids is 1. The summed E-state index contributed by atoms with van der Waals surface area (Å²) in [5.74, 6) is -0.658. The van der Waals surface area contributed by atoms with Crippen molar-refractivity contribution in [1.29, 1.82) is 0 Å². The fourth-order valence-corrected chi connectivity index (χ4v) is 2.52. The summed E-state index contributed by atoms with van der Waals surface area (Å²) in [4.78, 5) is 15.1. The third-order valence-electron chi connectivity index (χ3n) is 3.72. The third kappa shape index (κ3) is 3.40. The van der Waals surface area contributed by atoms with Crippen LogP contribution in [-0.2, 0) is 4.79 Å². The van der Waals surface area contributed by atoms with Crippen molar-refractivity contribution in [1.82, 2.24) is 4.98 Å². The van der Waals surface area contributed by atoms with Crippen molar-refractivity contribution >= 4 is 5.97 Å². The number of carboxylic acid groups (broad SMARTS) is 1. The van der Waals surface area contributed by atoms with Crippen LogP contribution in [0.25, 0.3) is 0 Å². The second kappa shape index (κ2) is 6.11. The Hall–Kier alpha value is -1.78. The molecule has 2 rings (SSSR count). The lowest BCUT2D eigenvalue weighted by molar-refractivity contribution is -0.143. The number of hydrogen-bond donors (Lipinski definition) is 2. The molecule has 1 fully saturated rings. The van der Waals surface area contributed by atoms with E-state index in [1.807, 2.05) is 19.9 Å². The summed E-state index contributed by atoms with van der Waals surface area (Å²) in [5, 5.41) is 19.0. The van der Waals surface area contributed by atoms with Crippen molar-refractivity contribution in [2.75, 3.05) is 0 Å². The van der Waals surface area contributed by atoms with Gasteiger partial charge in [0.15, 0.2) is 5.75 Å². The van der Waals surface area contributed by atoms with E-state index in [1.54, 1.807) is 6.07 Å². The summed E-state index contributed by atoms with van der Waals surface area (Å²) < 4.78 is 5.73. The lowest BCUT2D eigenvalue weighted by Crippen LogP contribution is -2.29. The van der Waals surface area contributed by atoms with Gasteiger partial charge in [0.2, 0.25) is 0 Å². The molecule has 0 bridgehead atoms. The SMILES string of the molecule is CC(C)c1ccc(O[C@H]2CCC[C@H](C(=O)O)C2)c(O)n1. The monoisotopic (exact) mass is 279 g/mol. The van der Waals surface area contributed by atoms with Gasteiger partial charge in [-0.2, -0.15) is 0 Å². The molecule has 1 heterocycles. The molecule has 1 saturated carbocycles. The van der Waals surface area contributed by atoms with Crippen LogP contribution in [0.15, 0.2) is 12.1 Å². The Labute approximate surface area is 118 Å². The van der Waals surface area contributed by atoms with E-state index >= 15 is 0 Å². The first kappa shape index (κ1) is 14.6. The number of nitrogens with zero attached hydrogens (tertiary/aromatic N) is 1. The maximum Gasteiger partial charge on any atom is 0.306 e. The maximum absolute atomic E-state index is 11.0. The summed E-state index contributed by atoms with van der Waals surface area (Å²) in [6.45, 7) is 4.00. The largest absolute Gasteiger partial charge is 0.491 e. The zero-order valence-corrected chi connectivity index (χ0v) is 11.9. The number of rotatable bonds is 4. The summed E-state index contributed by atoms with van der Waals surface area (Å²) in [6.07, 6.45) is 2.67. The number of ether oxygens (including phenoxy) is 1. The first-order chi connectivity index (χ1) is 9.47. The topological polar surface area (TPSA) is 79.7 Å². The van der Waals surface area contributed by atoms with E-state index in [0.29, 0.717) is 18.6 Å². The van der Waals surface area contributed by atoms with Crippen LogP contribution in [0, 0.1) is 5.92 Å². The Morgan fingerprint density at radius 3 is 2.75 bits per heavy atom. The van der Waals surface area contributed by atoms with Crippen LogP contribution in [0.2, 0.25) is 0 Å². The number of pyridine rings is 1. The fourth-order valence-electron chi connectivity index (χ4n) is 2.52. The van der Waals surface area contributed by atoms with Crippen molar-refractivity contribution < 1.29 is 19.7 Å². The summed E-state index contributed by atoms with van der Waals surface area (Å²) in [7, 11) is 0. The highest BCUT2D eigenvalue weighted by molar-refractivity contribution is 5.70. The molecule has 0 aromatic carbocycles. The zero-order valence-electron chi connectivity index (χ0n) is 11.9. The molecule has 0 spiro atoms. The first-order valence-corrected chi connectivity index (χ1v) is 7.06. The molecule has 1 aromatic rings. The number of hydrogen-bond acceptors (Lipinski definition) is 4. The van der Waals surface area contributed by atoms with Crippen LogP contribution < -0.4 is 4.74 Å². The van der Waals surface area contributed by atoms with Crippen molar-refractivity contribution in [2.45, 2.75) is 51.6 Å². The van der Waals surface area contributed by atoms with E-state index in [0.717, 1.165) is 18.5 Å². The average Bonchev–Trinajstić information content (AvgIpc) is 2.41. The van der Waals surface area contributed by atoms with E-state index in [1.165, 1.54) is 0 Å². The van der Waals surface area contributed by atoms with Gasteiger partial charge in [0.25, 0.3) is 5.88 Å². The molecule has 20 heavy (non-hydrogen) atoms. The second-order valence-corrected chi connectivity index (χ2v) is 5.65. The Kier molecular flexibility index (Phi) is 4.47. The highest BCUT2D eigenvalue weighted by Crippen LogP contribution is 2.32. The minimum absolute atomic E-state index is 0.117. The summed E-state index contributed by atoms with van der Waals surface area (Å²) >= 11 is 0.